The van der Waals surface area contributed by atoms with E-state index >= 15 is 0 Å². The summed E-state index contributed by atoms with van der Waals surface area (Å²) in [6.45, 7) is 3.17. The molecule has 1 fully saturated rings. The Bertz CT molecular complexity index is 873. The molecule has 2 aromatic heterocycles. The van der Waals surface area contributed by atoms with E-state index < -0.39 is 0 Å². The van der Waals surface area contributed by atoms with E-state index in [-0.39, 0.29) is 6.03 Å². The molecule has 28 heavy (non-hydrogen) atoms. The zero-order valence-electron chi connectivity index (χ0n) is 15.9. The molecule has 2 amide bonds. The van der Waals surface area contributed by atoms with Crippen molar-refractivity contribution in [2.24, 2.45) is 5.92 Å². The van der Waals surface area contributed by atoms with Crippen LogP contribution in [0.15, 0.2) is 61.4 Å². The van der Waals surface area contributed by atoms with Crippen molar-refractivity contribution in [1.82, 2.24) is 29.5 Å². The number of imidazole rings is 1. The summed E-state index contributed by atoms with van der Waals surface area (Å²) in [4.78, 5) is 18.6. The number of urea groups is 1. The van der Waals surface area contributed by atoms with Gasteiger partial charge in [0.1, 0.15) is 0 Å². The molecule has 0 spiro atoms. The smallest absolute Gasteiger partial charge is 0.317 e. The number of para-hydroxylation sites is 1. The van der Waals surface area contributed by atoms with E-state index in [4.69, 9.17) is 0 Å². The van der Waals surface area contributed by atoms with Crippen LogP contribution in [0.25, 0.3) is 5.69 Å². The van der Waals surface area contributed by atoms with Crippen molar-refractivity contribution in [3.8, 4) is 5.69 Å². The van der Waals surface area contributed by atoms with Gasteiger partial charge in [-0.1, -0.05) is 18.2 Å². The molecule has 0 bridgehead atoms. The number of carbonyl (C=O) groups is 1. The summed E-state index contributed by atoms with van der Waals surface area (Å²) in [7, 11) is 0. The summed E-state index contributed by atoms with van der Waals surface area (Å²) >= 11 is 0. The van der Waals surface area contributed by atoms with E-state index in [1.165, 1.54) is 0 Å². The topological polar surface area (TPSA) is 68.0 Å². The number of hydrogen-bond acceptors (Lipinski definition) is 3. The molecule has 1 saturated heterocycles. The second-order valence-corrected chi connectivity index (χ2v) is 7.32. The van der Waals surface area contributed by atoms with E-state index in [0.717, 1.165) is 50.1 Å². The van der Waals surface area contributed by atoms with Gasteiger partial charge in [-0.3, -0.25) is 0 Å². The van der Waals surface area contributed by atoms with Crippen molar-refractivity contribution in [3.05, 3.63) is 67.0 Å². The summed E-state index contributed by atoms with van der Waals surface area (Å²) < 4.78 is 3.96. The first kappa shape index (κ1) is 18.3. The number of nitrogens with one attached hydrogen (secondary N) is 1. The Morgan fingerprint density at radius 2 is 2.14 bits per heavy atom. The minimum Gasteiger partial charge on any atom is -0.338 e. The van der Waals surface area contributed by atoms with Gasteiger partial charge in [-0.05, 0) is 42.9 Å². The fraction of sp³-hybridized carbons (Fsp3) is 0.381. The van der Waals surface area contributed by atoms with E-state index in [9.17, 15) is 4.79 Å². The maximum absolute atomic E-state index is 12.5. The third-order valence-electron chi connectivity index (χ3n) is 5.18. The van der Waals surface area contributed by atoms with Crippen LogP contribution in [-0.2, 0) is 13.0 Å². The highest BCUT2D eigenvalue weighted by atomic mass is 16.2. The zero-order valence-corrected chi connectivity index (χ0v) is 15.9. The molecule has 0 radical (unpaired) electrons. The molecule has 4 rings (SSSR count). The Morgan fingerprint density at radius 1 is 1.25 bits per heavy atom. The molecule has 1 aliphatic rings. The highest BCUT2D eigenvalue weighted by Gasteiger charge is 2.23. The van der Waals surface area contributed by atoms with Gasteiger partial charge < -0.3 is 14.8 Å². The van der Waals surface area contributed by atoms with Crippen LogP contribution in [0.5, 0.6) is 0 Å². The third kappa shape index (κ3) is 4.60. The summed E-state index contributed by atoms with van der Waals surface area (Å²) in [5.41, 5.74) is 2.15. The third-order valence-corrected chi connectivity index (χ3v) is 5.18. The number of carbonyl (C=O) groups excluding carboxylic acids is 1. The van der Waals surface area contributed by atoms with Crippen LogP contribution in [0.4, 0.5) is 4.79 Å². The van der Waals surface area contributed by atoms with Crippen LogP contribution < -0.4 is 5.32 Å². The standard InChI is InChI=1S/C21H26N6O/c28-21(26-11-4-5-19(15-26)14-25-12-10-22-17-25)23-9-8-18-13-24-27(16-18)20-6-2-1-3-7-20/h1-3,6-7,10,12-13,16-17,19H,4-5,8-9,11,14-15H2,(H,23,28). The average Bonchev–Trinajstić information content (AvgIpc) is 3.41. The average molecular weight is 378 g/mol. The van der Waals surface area contributed by atoms with Gasteiger partial charge in [-0.2, -0.15) is 5.10 Å². The van der Waals surface area contributed by atoms with Gasteiger partial charge in [0, 0.05) is 44.8 Å². The van der Waals surface area contributed by atoms with Crippen molar-refractivity contribution < 1.29 is 4.79 Å². The fourth-order valence-electron chi connectivity index (χ4n) is 3.73. The number of piperidine rings is 1. The van der Waals surface area contributed by atoms with Gasteiger partial charge in [0.2, 0.25) is 0 Å². The van der Waals surface area contributed by atoms with Crippen molar-refractivity contribution in [2.75, 3.05) is 19.6 Å². The van der Waals surface area contributed by atoms with Gasteiger partial charge in [-0.25, -0.2) is 14.5 Å². The first-order valence-corrected chi connectivity index (χ1v) is 9.85. The number of benzene rings is 1. The Morgan fingerprint density at radius 3 is 2.96 bits per heavy atom. The molecule has 7 heteroatoms. The Hall–Kier alpha value is -3.09. The maximum Gasteiger partial charge on any atom is 0.317 e. The van der Waals surface area contributed by atoms with Gasteiger partial charge in [0.05, 0.1) is 18.2 Å². The van der Waals surface area contributed by atoms with Crippen molar-refractivity contribution in [3.63, 3.8) is 0 Å². The normalized spacial score (nSPS) is 16.9. The highest BCUT2D eigenvalue weighted by Crippen LogP contribution is 2.18. The van der Waals surface area contributed by atoms with Crippen LogP contribution in [0, 0.1) is 5.92 Å². The molecular formula is C21H26N6O. The van der Waals surface area contributed by atoms with Crippen molar-refractivity contribution in [2.45, 2.75) is 25.8 Å². The van der Waals surface area contributed by atoms with Gasteiger partial charge >= 0.3 is 6.03 Å². The minimum atomic E-state index is 0.0331. The number of nitrogens with zero attached hydrogens (tertiary/aromatic N) is 5. The number of amides is 2. The van der Waals surface area contributed by atoms with Crippen LogP contribution in [-0.4, -0.2) is 49.9 Å². The molecule has 7 nitrogen and oxygen atoms in total. The van der Waals surface area contributed by atoms with Crippen molar-refractivity contribution in [1.29, 1.82) is 0 Å². The molecule has 1 aromatic carbocycles. The van der Waals surface area contributed by atoms with Gasteiger partial charge in [0.15, 0.2) is 0 Å². The summed E-state index contributed by atoms with van der Waals surface area (Å²) in [6, 6.07) is 10.1. The molecule has 3 heterocycles. The molecule has 1 atom stereocenters. The molecule has 146 valence electrons. The molecule has 0 aliphatic carbocycles. The quantitative estimate of drug-likeness (QED) is 0.717. The van der Waals surface area contributed by atoms with E-state index in [2.05, 4.69) is 20.0 Å². The second-order valence-electron chi connectivity index (χ2n) is 7.32. The molecule has 3 aromatic rings. The number of aromatic nitrogens is 4. The number of likely N-dealkylation sites (tertiary alicyclic amines) is 1. The van der Waals surface area contributed by atoms with Crippen LogP contribution >= 0.6 is 0 Å². The van der Waals surface area contributed by atoms with E-state index in [1.807, 2.05) is 64.8 Å². The monoisotopic (exact) mass is 378 g/mol. The lowest BCUT2D eigenvalue weighted by atomic mass is 9.98. The van der Waals surface area contributed by atoms with Gasteiger partial charge in [0.25, 0.3) is 0 Å². The lowest BCUT2D eigenvalue weighted by Crippen LogP contribution is -2.46. The predicted molar refractivity (Wildman–Crippen MR) is 107 cm³/mol. The first-order chi connectivity index (χ1) is 13.8. The molecular weight excluding hydrogens is 352 g/mol. The predicted octanol–water partition coefficient (Wildman–Crippen LogP) is 2.73. The van der Waals surface area contributed by atoms with Crippen LogP contribution in [0.1, 0.15) is 18.4 Å². The fourth-order valence-corrected chi connectivity index (χ4v) is 3.73. The molecule has 0 saturated carbocycles. The lowest BCUT2D eigenvalue weighted by molar-refractivity contribution is 0.159. The van der Waals surface area contributed by atoms with Crippen LogP contribution in [0.3, 0.4) is 0 Å². The zero-order chi connectivity index (χ0) is 19.2. The highest BCUT2D eigenvalue weighted by molar-refractivity contribution is 5.74. The number of hydrogen-bond donors (Lipinski definition) is 1. The summed E-state index contributed by atoms with van der Waals surface area (Å²) in [5.74, 6) is 0.484. The molecule has 1 aliphatic heterocycles. The molecule has 1 N–H and O–H groups in total. The summed E-state index contributed by atoms with van der Waals surface area (Å²) in [6.07, 6.45) is 12.5. The first-order valence-electron chi connectivity index (χ1n) is 9.85. The minimum absolute atomic E-state index is 0.0331. The summed E-state index contributed by atoms with van der Waals surface area (Å²) in [5, 5.41) is 7.47. The van der Waals surface area contributed by atoms with E-state index in [1.54, 1.807) is 6.20 Å². The van der Waals surface area contributed by atoms with Crippen LogP contribution in [0.2, 0.25) is 0 Å². The lowest BCUT2D eigenvalue weighted by Gasteiger charge is -2.33. The second kappa shape index (κ2) is 8.73. The van der Waals surface area contributed by atoms with Gasteiger partial charge in [-0.15, -0.1) is 0 Å². The SMILES string of the molecule is O=C(NCCc1cnn(-c2ccccc2)c1)N1CCCC(Cn2ccnc2)C1. The Kier molecular flexibility index (Phi) is 5.70. The molecule has 1 unspecified atom stereocenters. The van der Waals surface area contributed by atoms with E-state index in [0.29, 0.717) is 12.5 Å². The Labute approximate surface area is 165 Å². The van der Waals surface area contributed by atoms with Crippen molar-refractivity contribution >= 4 is 6.03 Å². The number of rotatable bonds is 6. The Balaban J connectivity index is 1.24. The largest absolute Gasteiger partial charge is 0.338 e. The maximum atomic E-state index is 12.5.